The molecular formula is C12H7FN2OS. The maximum atomic E-state index is 13.0. The molecule has 0 N–H and O–H groups in total. The standard InChI is InChI=1S/C12H7FN2OS/c13-8-2-1-3-9(6-8)16-12-11-10(4-5-17-11)14-7-15-12/h1-7H. The van der Waals surface area contributed by atoms with Crippen molar-refractivity contribution in [3.8, 4) is 11.6 Å². The van der Waals surface area contributed by atoms with Gasteiger partial charge in [-0.05, 0) is 23.6 Å². The van der Waals surface area contributed by atoms with Gasteiger partial charge in [0.05, 0.1) is 5.52 Å². The number of aromatic nitrogens is 2. The van der Waals surface area contributed by atoms with Crippen molar-refractivity contribution in [3.05, 3.63) is 47.9 Å². The fourth-order valence-corrected chi connectivity index (χ4v) is 2.25. The average molecular weight is 246 g/mol. The number of nitrogens with zero attached hydrogens (tertiary/aromatic N) is 2. The Kier molecular flexibility index (Phi) is 2.45. The van der Waals surface area contributed by atoms with E-state index in [1.165, 1.54) is 29.8 Å². The normalized spacial score (nSPS) is 10.6. The smallest absolute Gasteiger partial charge is 0.240 e. The van der Waals surface area contributed by atoms with Gasteiger partial charge in [-0.2, -0.15) is 0 Å². The van der Waals surface area contributed by atoms with E-state index in [0.29, 0.717) is 11.6 Å². The molecule has 5 heteroatoms. The molecule has 3 rings (SSSR count). The summed E-state index contributed by atoms with van der Waals surface area (Å²) in [6.45, 7) is 0. The molecule has 3 nitrogen and oxygen atoms in total. The van der Waals surface area contributed by atoms with Gasteiger partial charge in [0.1, 0.15) is 22.6 Å². The Morgan fingerprint density at radius 1 is 1.18 bits per heavy atom. The van der Waals surface area contributed by atoms with Crippen LogP contribution in [0.15, 0.2) is 42.0 Å². The maximum Gasteiger partial charge on any atom is 0.240 e. The van der Waals surface area contributed by atoms with Gasteiger partial charge in [0, 0.05) is 6.07 Å². The first-order valence-electron chi connectivity index (χ1n) is 4.94. The van der Waals surface area contributed by atoms with Gasteiger partial charge in [0.25, 0.3) is 0 Å². The third-order valence-corrected chi connectivity index (χ3v) is 3.11. The zero-order valence-electron chi connectivity index (χ0n) is 8.63. The summed E-state index contributed by atoms with van der Waals surface area (Å²) in [6.07, 6.45) is 1.43. The van der Waals surface area contributed by atoms with Gasteiger partial charge in [-0.15, -0.1) is 11.3 Å². The molecule has 0 bridgehead atoms. The summed E-state index contributed by atoms with van der Waals surface area (Å²) in [4.78, 5) is 8.16. The van der Waals surface area contributed by atoms with Crippen LogP contribution >= 0.6 is 11.3 Å². The zero-order chi connectivity index (χ0) is 11.7. The van der Waals surface area contributed by atoms with Crippen LogP contribution in [0.5, 0.6) is 11.6 Å². The highest BCUT2D eigenvalue weighted by molar-refractivity contribution is 7.17. The summed E-state index contributed by atoms with van der Waals surface area (Å²) in [6, 6.07) is 7.86. The lowest BCUT2D eigenvalue weighted by Gasteiger charge is -2.04. The number of fused-ring (bicyclic) bond motifs is 1. The third-order valence-electron chi connectivity index (χ3n) is 2.22. The Morgan fingerprint density at radius 2 is 2.12 bits per heavy atom. The van der Waals surface area contributed by atoms with Crippen molar-refractivity contribution in [3.63, 3.8) is 0 Å². The molecule has 0 amide bonds. The van der Waals surface area contributed by atoms with Crippen LogP contribution in [-0.2, 0) is 0 Å². The topological polar surface area (TPSA) is 35.0 Å². The molecule has 17 heavy (non-hydrogen) atoms. The number of benzene rings is 1. The van der Waals surface area contributed by atoms with E-state index in [2.05, 4.69) is 9.97 Å². The van der Waals surface area contributed by atoms with E-state index in [0.717, 1.165) is 10.2 Å². The van der Waals surface area contributed by atoms with Crippen LogP contribution in [0.1, 0.15) is 0 Å². The van der Waals surface area contributed by atoms with E-state index >= 15 is 0 Å². The number of hydrogen-bond acceptors (Lipinski definition) is 4. The van der Waals surface area contributed by atoms with E-state index in [1.807, 2.05) is 11.4 Å². The molecule has 0 aliphatic rings. The molecule has 2 heterocycles. The molecule has 84 valence electrons. The Balaban J connectivity index is 2.02. The second-order valence-corrected chi connectivity index (χ2v) is 4.29. The molecule has 2 aromatic heterocycles. The zero-order valence-corrected chi connectivity index (χ0v) is 9.45. The molecule has 0 unspecified atom stereocenters. The Labute approximate surface area is 101 Å². The molecule has 1 aromatic carbocycles. The fourth-order valence-electron chi connectivity index (χ4n) is 1.48. The predicted octanol–water partition coefficient (Wildman–Crippen LogP) is 3.62. The van der Waals surface area contributed by atoms with Crippen LogP contribution in [0, 0.1) is 5.82 Å². The molecular weight excluding hydrogens is 239 g/mol. The number of ether oxygens (including phenoxy) is 1. The molecule has 0 atom stereocenters. The molecule has 0 fully saturated rings. The second kappa shape index (κ2) is 4.10. The van der Waals surface area contributed by atoms with Crippen LogP contribution in [0.25, 0.3) is 10.2 Å². The molecule has 3 aromatic rings. The molecule has 0 aliphatic heterocycles. The summed E-state index contributed by atoms with van der Waals surface area (Å²) in [5, 5.41) is 1.91. The third kappa shape index (κ3) is 1.97. The van der Waals surface area contributed by atoms with Gasteiger partial charge < -0.3 is 4.74 Å². The fraction of sp³-hybridized carbons (Fsp3) is 0. The lowest BCUT2D eigenvalue weighted by atomic mass is 10.3. The molecule has 0 saturated carbocycles. The van der Waals surface area contributed by atoms with Crippen molar-refractivity contribution in [2.24, 2.45) is 0 Å². The number of rotatable bonds is 2. The minimum Gasteiger partial charge on any atom is -0.437 e. The second-order valence-electron chi connectivity index (χ2n) is 3.37. The van der Waals surface area contributed by atoms with Gasteiger partial charge in [-0.1, -0.05) is 6.07 Å². The van der Waals surface area contributed by atoms with Crippen molar-refractivity contribution in [2.45, 2.75) is 0 Å². The average Bonchev–Trinajstić information content (AvgIpc) is 2.78. The van der Waals surface area contributed by atoms with Crippen molar-refractivity contribution in [1.82, 2.24) is 9.97 Å². The summed E-state index contributed by atoms with van der Waals surface area (Å²) < 4.78 is 19.4. The van der Waals surface area contributed by atoms with Crippen molar-refractivity contribution < 1.29 is 9.13 Å². The van der Waals surface area contributed by atoms with E-state index in [9.17, 15) is 4.39 Å². The summed E-state index contributed by atoms with van der Waals surface area (Å²) in [5.74, 6) is 0.549. The lowest BCUT2D eigenvalue weighted by molar-refractivity contribution is 0.464. The van der Waals surface area contributed by atoms with Gasteiger partial charge in [-0.3, -0.25) is 0 Å². The molecule has 0 aliphatic carbocycles. The summed E-state index contributed by atoms with van der Waals surface area (Å²) in [7, 11) is 0. The van der Waals surface area contributed by atoms with Crippen molar-refractivity contribution in [2.75, 3.05) is 0 Å². The van der Waals surface area contributed by atoms with Crippen LogP contribution in [0.3, 0.4) is 0 Å². The first-order chi connectivity index (χ1) is 8.33. The monoisotopic (exact) mass is 246 g/mol. The van der Waals surface area contributed by atoms with Crippen LogP contribution in [0.2, 0.25) is 0 Å². The Hall–Kier alpha value is -2.01. The Bertz CT molecular complexity index is 668. The van der Waals surface area contributed by atoms with Crippen molar-refractivity contribution in [1.29, 1.82) is 0 Å². The van der Waals surface area contributed by atoms with E-state index in [4.69, 9.17) is 4.74 Å². The lowest BCUT2D eigenvalue weighted by Crippen LogP contribution is -1.89. The van der Waals surface area contributed by atoms with Gasteiger partial charge >= 0.3 is 0 Å². The summed E-state index contributed by atoms with van der Waals surface area (Å²) in [5.41, 5.74) is 0.830. The summed E-state index contributed by atoms with van der Waals surface area (Å²) >= 11 is 1.49. The van der Waals surface area contributed by atoms with Gasteiger partial charge in [0.2, 0.25) is 5.88 Å². The number of hydrogen-bond donors (Lipinski definition) is 0. The number of halogens is 1. The van der Waals surface area contributed by atoms with E-state index in [-0.39, 0.29) is 5.82 Å². The first kappa shape index (κ1) is 10.2. The number of thiophene rings is 1. The van der Waals surface area contributed by atoms with Crippen molar-refractivity contribution >= 4 is 21.6 Å². The van der Waals surface area contributed by atoms with E-state index in [1.54, 1.807) is 12.1 Å². The molecule has 0 spiro atoms. The van der Waals surface area contributed by atoms with Crippen LogP contribution in [0.4, 0.5) is 4.39 Å². The highest BCUT2D eigenvalue weighted by Crippen LogP contribution is 2.30. The SMILES string of the molecule is Fc1cccc(Oc2ncnc3ccsc23)c1. The van der Waals surface area contributed by atoms with Gasteiger partial charge in [0.15, 0.2) is 0 Å². The maximum absolute atomic E-state index is 13.0. The minimum atomic E-state index is -0.334. The van der Waals surface area contributed by atoms with Gasteiger partial charge in [-0.25, -0.2) is 14.4 Å². The van der Waals surface area contributed by atoms with Crippen LogP contribution in [-0.4, -0.2) is 9.97 Å². The largest absolute Gasteiger partial charge is 0.437 e. The first-order valence-corrected chi connectivity index (χ1v) is 5.82. The van der Waals surface area contributed by atoms with E-state index < -0.39 is 0 Å². The highest BCUT2D eigenvalue weighted by atomic mass is 32.1. The minimum absolute atomic E-state index is 0.334. The Morgan fingerprint density at radius 3 is 3.00 bits per heavy atom. The highest BCUT2D eigenvalue weighted by Gasteiger charge is 2.07. The quantitative estimate of drug-likeness (QED) is 0.692. The van der Waals surface area contributed by atoms with Crippen LogP contribution < -0.4 is 4.74 Å². The molecule has 0 radical (unpaired) electrons. The molecule has 0 saturated heterocycles. The predicted molar refractivity (Wildman–Crippen MR) is 63.9 cm³/mol.